The largest absolute Gasteiger partial charge is 0.355 e. The summed E-state index contributed by atoms with van der Waals surface area (Å²) < 4.78 is 24.8. The van der Waals surface area contributed by atoms with Crippen LogP contribution in [0.25, 0.3) is 0 Å². The number of hydrogen-bond donors (Lipinski definition) is 2. The Bertz CT molecular complexity index is 979. The predicted octanol–water partition coefficient (Wildman–Crippen LogP) is 2.00. The summed E-state index contributed by atoms with van der Waals surface area (Å²) in [6, 6.07) is 11.2. The van der Waals surface area contributed by atoms with Crippen LogP contribution in [0.5, 0.6) is 0 Å². The molecule has 2 N–H and O–H groups in total. The van der Waals surface area contributed by atoms with Crippen LogP contribution in [0.2, 0.25) is 0 Å². The molecule has 1 saturated carbocycles. The number of hydrogen-bond acceptors (Lipinski definition) is 5. The van der Waals surface area contributed by atoms with Crippen molar-refractivity contribution in [3.63, 3.8) is 0 Å². The van der Waals surface area contributed by atoms with Gasteiger partial charge in [0, 0.05) is 36.6 Å². The fourth-order valence-corrected chi connectivity index (χ4v) is 4.42. The van der Waals surface area contributed by atoms with Gasteiger partial charge >= 0.3 is 0 Å². The van der Waals surface area contributed by atoms with Gasteiger partial charge < -0.3 is 10.2 Å². The molecule has 1 aromatic carbocycles. The highest BCUT2D eigenvalue weighted by Crippen LogP contribution is 2.31. The van der Waals surface area contributed by atoms with Crippen molar-refractivity contribution < 1.29 is 18.0 Å². The van der Waals surface area contributed by atoms with Crippen molar-refractivity contribution in [1.29, 1.82) is 0 Å². The summed E-state index contributed by atoms with van der Waals surface area (Å²) in [5.74, 6) is -0.140. The van der Waals surface area contributed by atoms with Gasteiger partial charge in [-0.15, -0.1) is 11.3 Å². The van der Waals surface area contributed by atoms with E-state index in [0.717, 1.165) is 29.5 Å². The van der Waals surface area contributed by atoms with E-state index in [4.69, 9.17) is 0 Å². The van der Waals surface area contributed by atoms with Gasteiger partial charge in [-0.1, -0.05) is 12.1 Å². The first-order valence-corrected chi connectivity index (χ1v) is 12.1. The maximum absolute atomic E-state index is 13.1. The minimum atomic E-state index is -3.21. The van der Waals surface area contributed by atoms with E-state index in [9.17, 15) is 18.0 Å². The average Bonchev–Trinajstić information content (AvgIpc) is 3.42. The van der Waals surface area contributed by atoms with Crippen molar-refractivity contribution in [2.45, 2.75) is 31.8 Å². The molecule has 0 spiro atoms. The second-order valence-corrected chi connectivity index (χ2v) is 10.1. The number of rotatable bonds is 9. The quantitative estimate of drug-likeness (QED) is 0.630. The summed E-state index contributed by atoms with van der Waals surface area (Å²) in [4.78, 5) is 28.3. The molecule has 0 radical (unpaired) electrons. The molecule has 1 fully saturated rings. The molecule has 156 valence electrons. The third kappa shape index (κ3) is 6.12. The summed E-state index contributed by atoms with van der Waals surface area (Å²) >= 11 is 1.41. The van der Waals surface area contributed by atoms with Crippen LogP contribution in [0.1, 0.15) is 43.3 Å². The molecule has 1 aromatic heterocycles. The van der Waals surface area contributed by atoms with E-state index < -0.39 is 10.0 Å². The third-order valence-electron chi connectivity index (χ3n) is 4.65. The average molecular weight is 436 g/mol. The molecule has 2 amide bonds. The topological polar surface area (TPSA) is 95.6 Å². The van der Waals surface area contributed by atoms with Gasteiger partial charge in [0.25, 0.3) is 11.8 Å². The van der Waals surface area contributed by atoms with Crippen LogP contribution in [-0.4, -0.2) is 51.0 Å². The zero-order valence-electron chi connectivity index (χ0n) is 16.5. The van der Waals surface area contributed by atoms with E-state index >= 15 is 0 Å². The summed E-state index contributed by atoms with van der Waals surface area (Å²) in [6.07, 6.45) is 3.68. The second kappa shape index (κ2) is 9.06. The van der Waals surface area contributed by atoms with Crippen molar-refractivity contribution in [3.8, 4) is 0 Å². The van der Waals surface area contributed by atoms with E-state index in [1.165, 1.54) is 11.3 Å². The van der Waals surface area contributed by atoms with Gasteiger partial charge in [0.05, 0.1) is 11.1 Å². The van der Waals surface area contributed by atoms with Crippen molar-refractivity contribution in [2.75, 3.05) is 19.8 Å². The normalized spacial score (nSPS) is 13.9. The Morgan fingerprint density at radius 1 is 1.14 bits per heavy atom. The zero-order valence-corrected chi connectivity index (χ0v) is 18.1. The Morgan fingerprint density at radius 3 is 2.41 bits per heavy atom. The Kier molecular flexibility index (Phi) is 6.71. The van der Waals surface area contributed by atoms with Gasteiger partial charge in [-0.3, -0.25) is 9.59 Å². The van der Waals surface area contributed by atoms with Gasteiger partial charge in [0.1, 0.15) is 0 Å². The summed E-state index contributed by atoms with van der Waals surface area (Å²) in [6.45, 7) is 0.817. The van der Waals surface area contributed by atoms with Crippen molar-refractivity contribution >= 4 is 33.2 Å². The number of benzene rings is 1. The molecule has 0 aliphatic heterocycles. The fraction of sp³-hybridized carbons (Fsp3) is 0.400. The molecule has 2 aromatic rings. The molecule has 1 aliphatic rings. The molecule has 0 unspecified atom stereocenters. The lowest BCUT2D eigenvalue weighted by molar-refractivity contribution is 0.0734. The SMILES string of the molecule is CNC(=O)c1ccc(CN(C(=O)c2ccc(CCNS(C)(=O)=O)s2)C2CC2)cc1. The van der Waals surface area contributed by atoms with Gasteiger partial charge in [-0.25, -0.2) is 13.1 Å². The smallest absolute Gasteiger partial charge is 0.264 e. The number of nitrogens with zero attached hydrogens (tertiary/aromatic N) is 1. The van der Waals surface area contributed by atoms with E-state index in [-0.39, 0.29) is 17.9 Å². The van der Waals surface area contributed by atoms with Crippen molar-refractivity contribution in [3.05, 3.63) is 57.3 Å². The fourth-order valence-electron chi connectivity index (χ4n) is 2.98. The highest BCUT2D eigenvalue weighted by molar-refractivity contribution is 7.88. The molecular weight excluding hydrogens is 410 g/mol. The monoisotopic (exact) mass is 435 g/mol. The molecule has 1 heterocycles. The number of carbonyl (C=O) groups excluding carboxylic acids is 2. The first-order chi connectivity index (χ1) is 13.8. The summed E-state index contributed by atoms with van der Waals surface area (Å²) in [5.41, 5.74) is 1.57. The molecule has 29 heavy (non-hydrogen) atoms. The van der Waals surface area contributed by atoms with Crippen LogP contribution < -0.4 is 10.0 Å². The second-order valence-electron chi connectivity index (χ2n) is 7.12. The molecule has 0 atom stereocenters. The van der Waals surface area contributed by atoms with Crippen LogP contribution in [0.15, 0.2) is 36.4 Å². The molecule has 1 aliphatic carbocycles. The maximum Gasteiger partial charge on any atom is 0.264 e. The van der Waals surface area contributed by atoms with Gasteiger partial charge in [0.15, 0.2) is 0 Å². The van der Waals surface area contributed by atoms with Gasteiger partial charge in [0.2, 0.25) is 10.0 Å². The summed E-state index contributed by atoms with van der Waals surface area (Å²) in [7, 11) is -1.62. The molecule has 3 rings (SSSR count). The third-order valence-corrected chi connectivity index (χ3v) is 6.51. The van der Waals surface area contributed by atoms with E-state index in [2.05, 4.69) is 10.0 Å². The van der Waals surface area contributed by atoms with Crippen molar-refractivity contribution in [1.82, 2.24) is 14.9 Å². The van der Waals surface area contributed by atoms with Crippen LogP contribution in [0, 0.1) is 0 Å². The van der Waals surface area contributed by atoms with Crippen LogP contribution in [-0.2, 0) is 23.0 Å². The molecule has 0 saturated heterocycles. The van der Waals surface area contributed by atoms with E-state index in [1.54, 1.807) is 19.2 Å². The highest BCUT2D eigenvalue weighted by Gasteiger charge is 2.33. The van der Waals surface area contributed by atoms with Crippen LogP contribution in [0.3, 0.4) is 0 Å². The number of nitrogens with one attached hydrogen (secondary N) is 2. The Morgan fingerprint density at radius 2 is 1.83 bits per heavy atom. The molecular formula is C20H25N3O4S2. The standard InChI is InChI=1S/C20H25N3O4S2/c1-21-19(24)15-5-3-14(4-6-15)13-23(16-7-8-16)20(25)18-10-9-17(28-18)11-12-22-29(2,26)27/h3-6,9-10,16,22H,7-8,11-13H2,1-2H3,(H,21,24). The number of amides is 2. The lowest BCUT2D eigenvalue weighted by atomic mass is 10.1. The van der Waals surface area contributed by atoms with E-state index in [1.807, 2.05) is 29.2 Å². The highest BCUT2D eigenvalue weighted by atomic mass is 32.2. The number of carbonyl (C=O) groups is 2. The maximum atomic E-state index is 13.1. The minimum Gasteiger partial charge on any atom is -0.355 e. The van der Waals surface area contributed by atoms with Gasteiger partial charge in [-0.2, -0.15) is 0 Å². The zero-order chi connectivity index (χ0) is 21.0. The predicted molar refractivity (Wildman–Crippen MR) is 114 cm³/mol. The van der Waals surface area contributed by atoms with E-state index in [0.29, 0.717) is 30.0 Å². The minimum absolute atomic E-state index is 0.00444. The first-order valence-electron chi connectivity index (χ1n) is 9.42. The van der Waals surface area contributed by atoms with Crippen molar-refractivity contribution in [2.24, 2.45) is 0 Å². The Balaban J connectivity index is 1.65. The molecule has 7 nitrogen and oxygen atoms in total. The van der Waals surface area contributed by atoms with Gasteiger partial charge in [-0.05, 0) is 49.1 Å². The van der Waals surface area contributed by atoms with Crippen LogP contribution >= 0.6 is 11.3 Å². The number of thiophene rings is 1. The lowest BCUT2D eigenvalue weighted by Gasteiger charge is -2.22. The summed E-state index contributed by atoms with van der Waals surface area (Å²) in [5, 5.41) is 2.59. The Hall–Kier alpha value is -2.23. The number of sulfonamides is 1. The molecule has 9 heteroatoms. The first kappa shape index (κ1) is 21.5. The lowest BCUT2D eigenvalue weighted by Crippen LogP contribution is -2.32. The Labute approximate surface area is 175 Å². The van der Waals surface area contributed by atoms with Crippen LogP contribution in [0.4, 0.5) is 0 Å². The molecule has 0 bridgehead atoms.